The monoisotopic (exact) mass is 374 g/mol. The molecule has 0 fully saturated rings. The van der Waals surface area contributed by atoms with Crippen LogP contribution in [-0.2, 0) is 9.53 Å². The molecule has 0 unspecified atom stereocenters. The second-order valence-corrected chi connectivity index (χ2v) is 6.77. The van der Waals surface area contributed by atoms with Crippen LogP contribution in [0.2, 0.25) is 0 Å². The van der Waals surface area contributed by atoms with E-state index in [1.165, 1.54) is 7.11 Å². The molecule has 2 amide bonds. The third-order valence-electron chi connectivity index (χ3n) is 3.25. The molecular formula is C19H26N4O4. The van der Waals surface area contributed by atoms with Gasteiger partial charge in [-0.2, -0.15) is 5.26 Å². The standard InChI is InChI=1S/C19H26N4O4/c1-13-6-7-16(26-5)15(10-13)22-17(24)14(11-21)12-23(9-8-20)18(25)27-19(2,3)4/h6-7,10,12H,8-9,20H2,1-5H3,(H,22,24)/b14-12-. The lowest BCUT2D eigenvalue weighted by Gasteiger charge is -2.25. The Balaban J connectivity index is 3.08. The number of nitrogens with two attached hydrogens (primary N) is 1. The Labute approximate surface area is 159 Å². The number of nitrogens with one attached hydrogen (secondary N) is 1. The number of aryl methyl sites for hydroxylation is 1. The van der Waals surface area contributed by atoms with E-state index in [2.05, 4.69) is 5.32 Å². The van der Waals surface area contributed by atoms with Crippen molar-refractivity contribution in [3.05, 3.63) is 35.5 Å². The Morgan fingerprint density at radius 3 is 2.56 bits per heavy atom. The normalized spacial score (nSPS) is 11.4. The second kappa shape index (κ2) is 9.59. The van der Waals surface area contributed by atoms with E-state index in [1.54, 1.807) is 39.0 Å². The molecule has 0 bridgehead atoms. The van der Waals surface area contributed by atoms with Gasteiger partial charge in [0, 0.05) is 19.3 Å². The lowest BCUT2D eigenvalue weighted by Crippen LogP contribution is -2.37. The number of hydrogen-bond donors (Lipinski definition) is 2. The summed E-state index contributed by atoms with van der Waals surface area (Å²) in [5.74, 6) is -0.218. The van der Waals surface area contributed by atoms with Crippen molar-refractivity contribution in [3.63, 3.8) is 0 Å². The lowest BCUT2D eigenvalue weighted by atomic mass is 10.2. The number of nitrogens with zero attached hydrogens (tertiary/aromatic N) is 2. The van der Waals surface area contributed by atoms with E-state index < -0.39 is 17.6 Å². The smallest absolute Gasteiger partial charge is 0.414 e. The molecule has 1 aromatic carbocycles. The van der Waals surface area contributed by atoms with Gasteiger partial charge in [0.1, 0.15) is 23.0 Å². The SMILES string of the molecule is COc1ccc(C)cc1NC(=O)/C(C#N)=C\N(CCN)C(=O)OC(C)(C)C. The number of amides is 2. The van der Waals surface area contributed by atoms with Crippen molar-refractivity contribution in [2.24, 2.45) is 5.73 Å². The minimum atomic E-state index is -0.720. The van der Waals surface area contributed by atoms with Gasteiger partial charge in [0.15, 0.2) is 0 Å². The summed E-state index contributed by atoms with van der Waals surface area (Å²) in [6.45, 7) is 7.26. The van der Waals surface area contributed by atoms with Crippen LogP contribution in [0.1, 0.15) is 26.3 Å². The molecule has 1 aromatic rings. The van der Waals surface area contributed by atoms with Crippen LogP contribution in [0, 0.1) is 18.3 Å². The lowest BCUT2D eigenvalue weighted by molar-refractivity contribution is -0.112. The van der Waals surface area contributed by atoms with Crippen LogP contribution < -0.4 is 15.8 Å². The predicted octanol–water partition coefficient (Wildman–Crippen LogP) is 2.55. The average Bonchev–Trinajstić information content (AvgIpc) is 2.57. The molecule has 0 saturated heterocycles. The van der Waals surface area contributed by atoms with Crippen LogP contribution in [0.25, 0.3) is 0 Å². The maximum absolute atomic E-state index is 12.5. The van der Waals surface area contributed by atoms with Gasteiger partial charge in [0.25, 0.3) is 5.91 Å². The molecule has 0 aliphatic rings. The number of ether oxygens (including phenoxy) is 2. The van der Waals surface area contributed by atoms with Crippen LogP contribution in [0.15, 0.2) is 30.0 Å². The van der Waals surface area contributed by atoms with Crippen LogP contribution in [-0.4, -0.2) is 42.7 Å². The van der Waals surface area contributed by atoms with Gasteiger partial charge in [-0.3, -0.25) is 9.69 Å². The molecule has 8 nitrogen and oxygen atoms in total. The van der Waals surface area contributed by atoms with Gasteiger partial charge in [0.05, 0.1) is 12.8 Å². The van der Waals surface area contributed by atoms with Crippen molar-refractivity contribution in [2.75, 3.05) is 25.5 Å². The molecule has 0 aromatic heterocycles. The third-order valence-corrected chi connectivity index (χ3v) is 3.25. The number of carbonyl (C=O) groups excluding carboxylic acids is 2. The summed E-state index contributed by atoms with van der Waals surface area (Å²) in [5.41, 5.74) is 5.87. The third kappa shape index (κ3) is 6.99. The van der Waals surface area contributed by atoms with E-state index >= 15 is 0 Å². The topological polar surface area (TPSA) is 118 Å². The van der Waals surface area contributed by atoms with Crippen molar-refractivity contribution >= 4 is 17.7 Å². The number of hydrogen-bond acceptors (Lipinski definition) is 6. The highest BCUT2D eigenvalue weighted by Gasteiger charge is 2.22. The van der Waals surface area contributed by atoms with Crippen molar-refractivity contribution in [1.82, 2.24) is 4.90 Å². The Morgan fingerprint density at radius 2 is 2.04 bits per heavy atom. The number of rotatable bonds is 6. The summed E-state index contributed by atoms with van der Waals surface area (Å²) in [6.07, 6.45) is 0.445. The molecule has 8 heteroatoms. The fourth-order valence-corrected chi connectivity index (χ4v) is 2.07. The van der Waals surface area contributed by atoms with E-state index in [0.717, 1.165) is 16.7 Å². The Kier molecular flexibility index (Phi) is 7.81. The van der Waals surface area contributed by atoms with Crippen molar-refractivity contribution in [2.45, 2.75) is 33.3 Å². The maximum atomic E-state index is 12.5. The Hall–Kier alpha value is -3.05. The Bertz CT molecular complexity index is 760. The highest BCUT2D eigenvalue weighted by Crippen LogP contribution is 2.25. The molecule has 0 atom stereocenters. The number of anilines is 1. The van der Waals surface area contributed by atoms with E-state index in [9.17, 15) is 14.9 Å². The van der Waals surface area contributed by atoms with Crippen molar-refractivity contribution < 1.29 is 19.1 Å². The van der Waals surface area contributed by atoms with E-state index in [1.807, 2.05) is 13.0 Å². The number of nitriles is 1. The van der Waals surface area contributed by atoms with Gasteiger partial charge in [-0.05, 0) is 45.4 Å². The zero-order valence-electron chi connectivity index (χ0n) is 16.3. The number of benzene rings is 1. The first kappa shape index (κ1) is 22.0. The predicted molar refractivity (Wildman–Crippen MR) is 102 cm³/mol. The van der Waals surface area contributed by atoms with E-state index in [4.69, 9.17) is 15.2 Å². The summed E-state index contributed by atoms with van der Waals surface area (Å²) in [4.78, 5) is 25.9. The molecule has 0 heterocycles. The number of carbonyl (C=O) groups is 2. The molecular weight excluding hydrogens is 348 g/mol. The quantitative estimate of drug-likeness (QED) is 0.583. The van der Waals surface area contributed by atoms with E-state index in [0.29, 0.717) is 11.4 Å². The molecule has 0 aliphatic carbocycles. The van der Waals surface area contributed by atoms with Crippen LogP contribution in [0.5, 0.6) is 5.75 Å². The molecule has 0 spiro atoms. The van der Waals surface area contributed by atoms with E-state index in [-0.39, 0.29) is 18.7 Å². The van der Waals surface area contributed by atoms with Gasteiger partial charge >= 0.3 is 6.09 Å². The molecule has 146 valence electrons. The van der Waals surface area contributed by atoms with Gasteiger partial charge in [-0.15, -0.1) is 0 Å². The van der Waals surface area contributed by atoms with Gasteiger partial charge in [-0.1, -0.05) is 6.07 Å². The fourth-order valence-electron chi connectivity index (χ4n) is 2.07. The van der Waals surface area contributed by atoms with Gasteiger partial charge in [-0.25, -0.2) is 4.79 Å². The highest BCUT2D eigenvalue weighted by molar-refractivity contribution is 6.07. The minimum Gasteiger partial charge on any atom is -0.495 e. The highest BCUT2D eigenvalue weighted by atomic mass is 16.6. The average molecular weight is 374 g/mol. The molecule has 1 rings (SSSR count). The van der Waals surface area contributed by atoms with Crippen LogP contribution >= 0.6 is 0 Å². The summed E-state index contributed by atoms with van der Waals surface area (Å²) in [7, 11) is 1.48. The zero-order chi connectivity index (χ0) is 20.6. The summed E-state index contributed by atoms with van der Waals surface area (Å²) < 4.78 is 10.5. The first-order valence-corrected chi connectivity index (χ1v) is 8.39. The van der Waals surface area contributed by atoms with Gasteiger partial charge in [0.2, 0.25) is 0 Å². The summed E-state index contributed by atoms with van der Waals surface area (Å²) >= 11 is 0. The minimum absolute atomic E-state index is 0.0984. The zero-order valence-corrected chi connectivity index (χ0v) is 16.3. The van der Waals surface area contributed by atoms with Crippen molar-refractivity contribution in [1.29, 1.82) is 5.26 Å². The fraction of sp³-hybridized carbons (Fsp3) is 0.421. The molecule has 3 N–H and O–H groups in total. The first-order valence-electron chi connectivity index (χ1n) is 8.39. The van der Waals surface area contributed by atoms with Crippen LogP contribution in [0.4, 0.5) is 10.5 Å². The number of methoxy groups -OCH3 is 1. The summed E-state index contributed by atoms with van der Waals surface area (Å²) in [6, 6.07) is 7.06. The largest absolute Gasteiger partial charge is 0.495 e. The molecule has 0 saturated carbocycles. The molecule has 0 radical (unpaired) electrons. The van der Waals surface area contributed by atoms with Crippen LogP contribution in [0.3, 0.4) is 0 Å². The second-order valence-electron chi connectivity index (χ2n) is 6.77. The summed E-state index contributed by atoms with van der Waals surface area (Å²) in [5, 5.41) is 12.0. The molecule has 27 heavy (non-hydrogen) atoms. The van der Waals surface area contributed by atoms with Crippen molar-refractivity contribution in [3.8, 4) is 11.8 Å². The Morgan fingerprint density at radius 1 is 1.37 bits per heavy atom. The molecule has 0 aliphatic heterocycles. The maximum Gasteiger partial charge on any atom is 0.414 e. The first-order chi connectivity index (χ1) is 12.6. The van der Waals surface area contributed by atoms with Gasteiger partial charge < -0.3 is 20.5 Å².